The Morgan fingerprint density at radius 2 is 2.17 bits per heavy atom. The highest BCUT2D eigenvalue weighted by molar-refractivity contribution is 9.10. The Balaban J connectivity index is 1.42. The van der Waals surface area contributed by atoms with Gasteiger partial charge in [0.25, 0.3) is 5.91 Å². The van der Waals surface area contributed by atoms with Crippen LogP contribution in [-0.2, 0) is 0 Å². The minimum Gasteiger partial charge on any atom is -0.339 e. The summed E-state index contributed by atoms with van der Waals surface area (Å²) in [5.41, 5.74) is 3.36. The summed E-state index contributed by atoms with van der Waals surface area (Å²) in [5, 5.41) is 11.1. The largest absolute Gasteiger partial charge is 0.339 e. The fraction of sp³-hybridized carbons (Fsp3) is 0.200. The summed E-state index contributed by atoms with van der Waals surface area (Å²) in [6, 6.07) is 9.17. The van der Waals surface area contributed by atoms with Gasteiger partial charge >= 0.3 is 0 Å². The fourth-order valence-corrected chi connectivity index (χ4v) is 3.47. The van der Waals surface area contributed by atoms with Gasteiger partial charge in [-0.05, 0) is 53.0 Å². The van der Waals surface area contributed by atoms with Gasteiger partial charge in [-0.3, -0.25) is 4.79 Å². The number of carbonyl (C=O) groups excluding carboxylic acids is 1. The summed E-state index contributed by atoms with van der Waals surface area (Å²) in [7, 11) is 0. The minimum atomic E-state index is -0.900. The number of benzene rings is 1. The zero-order valence-corrected chi connectivity index (χ0v) is 16.9. The van der Waals surface area contributed by atoms with Crippen LogP contribution in [0.15, 0.2) is 51.7 Å². The first kappa shape index (κ1) is 18.0. The van der Waals surface area contributed by atoms with E-state index in [2.05, 4.69) is 36.5 Å². The lowest BCUT2D eigenvalue weighted by Crippen LogP contribution is -2.12. The zero-order valence-electron chi connectivity index (χ0n) is 15.3. The molecular formula is C20H15BrFN5O2. The van der Waals surface area contributed by atoms with Gasteiger partial charge in [-0.15, -0.1) is 0 Å². The number of alkyl halides is 1. The summed E-state index contributed by atoms with van der Waals surface area (Å²) >= 11 is 3.39. The highest BCUT2D eigenvalue weighted by Gasteiger charge is 2.43. The lowest BCUT2D eigenvalue weighted by Gasteiger charge is -2.09. The molecule has 1 amide bonds. The molecule has 4 aromatic rings. The quantitative estimate of drug-likeness (QED) is 0.488. The molecule has 1 aliphatic carbocycles. The number of amides is 1. The third-order valence-corrected chi connectivity index (χ3v) is 5.41. The van der Waals surface area contributed by atoms with Crippen molar-refractivity contribution in [1.29, 1.82) is 0 Å². The number of carbonyl (C=O) groups is 1. The van der Waals surface area contributed by atoms with Crippen molar-refractivity contribution in [2.45, 2.75) is 25.4 Å². The molecule has 0 radical (unpaired) electrons. The lowest BCUT2D eigenvalue weighted by molar-refractivity contribution is 0.102. The van der Waals surface area contributed by atoms with Crippen molar-refractivity contribution in [3.8, 4) is 11.4 Å². The molecule has 146 valence electrons. The standard InChI is InChI=1S/C20H15BrFN5O2/c1-10-2-3-11(18-25-20(29-26-18)13-7-15(13)22)6-16(10)24-19(28)14-8-23-27-9-12(21)4-5-17(14)27/h2-6,8-9,13,15H,7H2,1H3,(H,24,28)/t13-,15-/m0/s1. The number of halogens is 2. The highest BCUT2D eigenvalue weighted by Crippen LogP contribution is 2.43. The second-order valence-electron chi connectivity index (χ2n) is 7.03. The zero-order chi connectivity index (χ0) is 20.1. The third-order valence-electron chi connectivity index (χ3n) is 4.94. The van der Waals surface area contributed by atoms with E-state index < -0.39 is 6.17 Å². The second kappa shape index (κ2) is 6.77. The molecule has 0 saturated heterocycles. The molecule has 1 aromatic carbocycles. The van der Waals surface area contributed by atoms with E-state index in [1.54, 1.807) is 16.8 Å². The molecule has 0 aliphatic heterocycles. The Hall–Kier alpha value is -3.07. The maximum absolute atomic E-state index is 13.2. The molecule has 3 heterocycles. The molecule has 29 heavy (non-hydrogen) atoms. The van der Waals surface area contributed by atoms with Gasteiger partial charge < -0.3 is 9.84 Å². The van der Waals surface area contributed by atoms with E-state index >= 15 is 0 Å². The predicted molar refractivity (Wildman–Crippen MR) is 108 cm³/mol. The van der Waals surface area contributed by atoms with Crippen molar-refractivity contribution >= 4 is 33.0 Å². The molecule has 0 unspecified atom stereocenters. The molecule has 1 fully saturated rings. The third kappa shape index (κ3) is 3.31. The van der Waals surface area contributed by atoms with Gasteiger partial charge in [-0.2, -0.15) is 10.1 Å². The Kier molecular flexibility index (Phi) is 4.20. The van der Waals surface area contributed by atoms with Crippen molar-refractivity contribution in [3.05, 3.63) is 64.2 Å². The summed E-state index contributed by atoms with van der Waals surface area (Å²) in [6.07, 6.45) is 2.84. The Morgan fingerprint density at radius 1 is 1.34 bits per heavy atom. The highest BCUT2D eigenvalue weighted by atomic mass is 79.9. The first-order chi connectivity index (χ1) is 14.0. The van der Waals surface area contributed by atoms with Crippen molar-refractivity contribution in [1.82, 2.24) is 19.8 Å². The minimum absolute atomic E-state index is 0.269. The molecule has 1 aliphatic rings. The Labute approximate surface area is 173 Å². The van der Waals surface area contributed by atoms with Crippen LogP contribution in [-0.4, -0.2) is 31.8 Å². The monoisotopic (exact) mass is 455 g/mol. The van der Waals surface area contributed by atoms with Crippen LogP contribution in [0, 0.1) is 6.92 Å². The van der Waals surface area contributed by atoms with Crippen LogP contribution < -0.4 is 5.32 Å². The van der Waals surface area contributed by atoms with E-state index in [-0.39, 0.29) is 11.8 Å². The van der Waals surface area contributed by atoms with Crippen LogP contribution in [0.4, 0.5) is 10.1 Å². The fourth-order valence-electron chi connectivity index (χ4n) is 3.14. The van der Waals surface area contributed by atoms with Crippen LogP contribution in [0.1, 0.15) is 34.2 Å². The SMILES string of the molecule is Cc1ccc(-c2noc([C@H]3C[C@@H]3F)n2)cc1NC(=O)c1cnn2cc(Br)ccc12. The van der Waals surface area contributed by atoms with E-state index in [9.17, 15) is 9.18 Å². The van der Waals surface area contributed by atoms with Gasteiger partial charge in [-0.1, -0.05) is 17.3 Å². The first-order valence-corrected chi connectivity index (χ1v) is 9.82. The number of aromatic nitrogens is 4. The number of nitrogens with zero attached hydrogens (tertiary/aromatic N) is 4. The van der Waals surface area contributed by atoms with Crippen molar-refractivity contribution in [2.75, 3.05) is 5.32 Å². The van der Waals surface area contributed by atoms with E-state index in [0.717, 1.165) is 10.0 Å². The molecular weight excluding hydrogens is 441 g/mol. The normalized spacial score (nSPS) is 18.2. The number of rotatable bonds is 4. The molecule has 9 heteroatoms. The van der Waals surface area contributed by atoms with Gasteiger partial charge in [0.05, 0.1) is 23.2 Å². The van der Waals surface area contributed by atoms with Gasteiger partial charge in [0.1, 0.15) is 6.17 Å². The van der Waals surface area contributed by atoms with Crippen LogP contribution in [0.25, 0.3) is 16.9 Å². The number of anilines is 1. The predicted octanol–water partition coefficient (Wildman–Crippen LogP) is 4.53. The topological polar surface area (TPSA) is 85.3 Å². The Morgan fingerprint density at radius 3 is 2.97 bits per heavy atom. The average Bonchev–Trinajstić information content (AvgIpc) is 3.10. The maximum Gasteiger partial charge on any atom is 0.259 e. The summed E-state index contributed by atoms with van der Waals surface area (Å²) in [6.45, 7) is 1.89. The number of hydrogen-bond donors (Lipinski definition) is 1. The van der Waals surface area contributed by atoms with E-state index in [1.807, 2.05) is 31.2 Å². The number of pyridine rings is 1. The van der Waals surface area contributed by atoms with Crippen LogP contribution in [0.3, 0.4) is 0 Å². The van der Waals surface area contributed by atoms with Gasteiger partial charge in [0, 0.05) is 21.9 Å². The Bertz CT molecular complexity index is 1250. The van der Waals surface area contributed by atoms with Crippen molar-refractivity contribution < 1.29 is 13.7 Å². The molecule has 1 saturated carbocycles. The maximum atomic E-state index is 13.2. The molecule has 0 spiro atoms. The second-order valence-corrected chi connectivity index (χ2v) is 7.95. The summed E-state index contributed by atoms with van der Waals surface area (Å²) in [5.74, 6) is 0.123. The van der Waals surface area contributed by atoms with Crippen molar-refractivity contribution in [2.24, 2.45) is 0 Å². The van der Waals surface area contributed by atoms with Crippen LogP contribution in [0.2, 0.25) is 0 Å². The molecule has 5 rings (SSSR count). The lowest BCUT2D eigenvalue weighted by atomic mass is 10.1. The number of fused-ring (bicyclic) bond motifs is 1. The van der Waals surface area contributed by atoms with Crippen LogP contribution in [0.5, 0.6) is 0 Å². The van der Waals surface area contributed by atoms with Gasteiger partial charge in [0.15, 0.2) is 0 Å². The van der Waals surface area contributed by atoms with Crippen LogP contribution >= 0.6 is 15.9 Å². The van der Waals surface area contributed by atoms with E-state index in [1.165, 1.54) is 6.20 Å². The number of aryl methyl sites for hydroxylation is 1. The molecule has 0 bridgehead atoms. The average molecular weight is 456 g/mol. The molecule has 2 atom stereocenters. The summed E-state index contributed by atoms with van der Waals surface area (Å²) in [4.78, 5) is 17.1. The van der Waals surface area contributed by atoms with Gasteiger partial charge in [0.2, 0.25) is 11.7 Å². The molecule has 7 nitrogen and oxygen atoms in total. The number of nitrogens with one attached hydrogen (secondary N) is 1. The molecule has 3 aromatic heterocycles. The van der Waals surface area contributed by atoms with E-state index in [4.69, 9.17) is 4.52 Å². The van der Waals surface area contributed by atoms with E-state index in [0.29, 0.717) is 40.5 Å². The summed E-state index contributed by atoms with van der Waals surface area (Å²) < 4.78 is 20.9. The van der Waals surface area contributed by atoms with Crippen molar-refractivity contribution in [3.63, 3.8) is 0 Å². The van der Waals surface area contributed by atoms with Gasteiger partial charge in [-0.25, -0.2) is 8.91 Å². The first-order valence-electron chi connectivity index (χ1n) is 9.02. The molecule has 1 N–H and O–H groups in total. The smallest absolute Gasteiger partial charge is 0.259 e. The number of hydrogen-bond acceptors (Lipinski definition) is 5.